The van der Waals surface area contributed by atoms with E-state index >= 15 is 0 Å². The number of likely N-dealkylation sites (tertiary alicyclic amines) is 1. The van der Waals surface area contributed by atoms with Crippen LogP contribution in [0.2, 0.25) is 0 Å². The van der Waals surface area contributed by atoms with E-state index in [1.165, 1.54) is 0 Å². The number of aliphatic hydroxyl groups is 1. The van der Waals surface area contributed by atoms with E-state index in [4.69, 9.17) is 9.47 Å². The number of carbonyl (C=O) groups excluding carboxylic acids is 2. The third-order valence-corrected chi connectivity index (χ3v) is 6.07. The van der Waals surface area contributed by atoms with Crippen molar-refractivity contribution in [1.29, 1.82) is 0 Å². The first-order chi connectivity index (χ1) is 16.7. The lowest BCUT2D eigenvalue weighted by Gasteiger charge is -2.25. The Morgan fingerprint density at radius 1 is 1.03 bits per heavy atom. The molecule has 0 saturated carbocycles. The molecule has 1 fully saturated rings. The third kappa shape index (κ3) is 5.69. The van der Waals surface area contributed by atoms with Gasteiger partial charge in [0.1, 0.15) is 17.3 Å². The number of carbonyl (C=O) groups is 2. The minimum absolute atomic E-state index is 0.0332. The summed E-state index contributed by atoms with van der Waals surface area (Å²) in [5.41, 5.74) is 2.30. The maximum absolute atomic E-state index is 13.2. The molecule has 1 saturated heterocycles. The molecule has 6 heteroatoms. The quantitative estimate of drug-likeness (QED) is 0.249. The van der Waals surface area contributed by atoms with Crippen molar-refractivity contribution >= 4 is 17.4 Å². The van der Waals surface area contributed by atoms with E-state index in [2.05, 4.69) is 0 Å². The molecular weight excluding hydrogens is 442 g/mol. The Labute approximate surface area is 208 Å². The van der Waals surface area contributed by atoms with Crippen LogP contribution >= 0.6 is 0 Å². The Morgan fingerprint density at radius 3 is 2.29 bits per heavy atom. The molecule has 188 valence electrons. The molecule has 1 unspecified atom stereocenters. The highest BCUT2D eigenvalue weighted by Gasteiger charge is 2.45. The van der Waals surface area contributed by atoms with E-state index < -0.39 is 17.7 Å². The summed E-state index contributed by atoms with van der Waals surface area (Å²) in [6.07, 6.45) is 1.68. The lowest BCUT2D eigenvalue weighted by molar-refractivity contribution is -0.139. The Kier molecular flexibility index (Phi) is 8.60. The lowest BCUT2D eigenvalue weighted by atomic mass is 9.93. The van der Waals surface area contributed by atoms with E-state index in [9.17, 15) is 14.7 Å². The number of hydrogen-bond acceptors (Lipinski definition) is 5. The normalized spacial score (nSPS) is 17.5. The molecule has 1 amide bonds. The largest absolute Gasteiger partial charge is 0.507 e. The number of ketones is 1. The topological polar surface area (TPSA) is 76.1 Å². The van der Waals surface area contributed by atoms with Gasteiger partial charge in [-0.3, -0.25) is 9.59 Å². The summed E-state index contributed by atoms with van der Waals surface area (Å²) < 4.78 is 11.5. The smallest absolute Gasteiger partial charge is 0.295 e. The highest BCUT2D eigenvalue weighted by molar-refractivity contribution is 6.46. The Balaban J connectivity index is 2.13. The van der Waals surface area contributed by atoms with Crippen LogP contribution in [0.4, 0.5) is 0 Å². The van der Waals surface area contributed by atoms with E-state index in [1.807, 2.05) is 77.9 Å². The summed E-state index contributed by atoms with van der Waals surface area (Å²) in [6.45, 7) is 12.9. The molecule has 0 aliphatic carbocycles. The molecule has 0 aromatic heterocycles. The van der Waals surface area contributed by atoms with Crippen molar-refractivity contribution in [3.63, 3.8) is 0 Å². The number of unbranched alkanes of at least 4 members (excludes halogenated alkanes) is 1. The maximum Gasteiger partial charge on any atom is 0.295 e. The number of nitrogens with zero attached hydrogens (tertiary/aromatic N) is 1. The molecule has 3 rings (SSSR count). The van der Waals surface area contributed by atoms with Gasteiger partial charge in [0.25, 0.3) is 11.7 Å². The van der Waals surface area contributed by atoms with Crippen LogP contribution in [0.15, 0.2) is 48.0 Å². The highest BCUT2D eigenvalue weighted by Crippen LogP contribution is 2.41. The summed E-state index contributed by atoms with van der Waals surface area (Å²) in [7, 11) is 0. The predicted molar refractivity (Wildman–Crippen MR) is 138 cm³/mol. The van der Waals surface area contributed by atoms with E-state index in [0.29, 0.717) is 24.5 Å². The van der Waals surface area contributed by atoms with Crippen LogP contribution in [0, 0.1) is 0 Å². The molecule has 1 aliphatic rings. The van der Waals surface area contributed by atoms with Crippen molar-refractivity contribution in [3.8, 4) is 11.5 Å². The minimum Gasteiger partial charge on any atom is -0.507 e. The number of ether oxygens (including phenoxy) is 2. The van der Waals surface area contributed by atoms with Crippen molar-refractivity contribution in [1.82, 2.24) is 4.90 Å². The van der Waals surface area contributed by atoms with Gasteiger partial charge in [0, 0.05) is 12.1 Å². The average molecular weight is 480 g/mol. The van der Waals surface area contributed by atoms with Crippen LogP contribution in [0.5, 0.6) is 11.5 Å². The molecule has 2 aromatic rings. The van der Waals surface area contributed by atoms with Gasteiger partial charge in [-0.1, -0.05) is 39.3 Å². The molecule has 0 radical (unpaired) electrons. The fourth-order valence-corrected chi connectivity index (χ4v) is 4.38. The summed E-state index contributed by atoms with van der Waals surface area (Å²) in [6, 6.07) is 12.1. The molecular formula is C29H37NO5. The van der Waals surface area contributed by atoms with Gasteiger partial charge in [-0.05, 0) is 74.6 Å². The molecule has 2 aromatic carbocycles. The van der Waals surface area contributed by atoms with Gasteiger partial charge >= 0.3 is 0 Å². The fraction of sp³-hybridized carbons (Fsp3) is 0.448. The van der Waals surface area contributed by atoms with Crippen molar-refractivity contribution < 1.29 is 24.2 Å². The summed E-state index contributed by atoms with van der Waals surface area (Å²) in [4.78, 5) is 27.9. The van der Waals surface area contributed by atoms with Gasteiger partial charge in [-0.25, -0.2) is 0 Å². The number of rotatable bonds is 10. The Hall–Kier alpha value is -3.28. The van der Waals surface area contributed by atoms with Crippen molar-refractivity contribution in [2.45, 2.75) is 72.4 Å². The molecule has 1 atom stereocenters. The molecule has 0 spiro atoms. The van der Waals surface area contributed by atoms with Crippen molar-refractivity contribution in [2.75, 3.05) is 13.2 Å². The van der Waals surface area contributed by atoms with Gasteiger partial charge in [0.05, 0.1) is 24.3 Å². The summed E-state index contributed by atoms with van der Waals surface area (Å²) in [5, 5.41) is 11.4. The van der Waals surface area contributed by atoms with Crippen molar-refractivity contribution in [3.05, 3.63) is 64.7 Å². The highest BCUT2D eigenvalue weighted by atomic mass is 16.5. The first-order valence-corrected chi connectivity index (χ1v) is 12.5. The van der Waals surface area contributed by atoms with Crippen LogP contribution in [-0.4, -0.2) is 41.0 Å². The number of amides is 1. The average Bonchev–Trinajstić information content (AvgIpc) is 3.07. The molecule has 1 heterocycles. The SMILES string of the molecule is CCCCN1C(=O)C(=O)/C(=C(\O)c2ccc(OCC)c(C(C)C)c2)C1c1ccc(OC(C)C)cc1. The monoisotopic (exact) mass is 479 g/mol. The second-order valence-corrected chi connectivity index (χ2v) is 9.42. The van der Waals surface area contributed by atoms with Crippen LogP contribution in [0.1, 0.15) is 83.0 Å². The minimum atomic E-state index is -0.663. The molecule has 1 aliphatic heterocycles. The number of benzene rings is 2. The number of aliphatic hydroxyl groups excluding tert-OH is 1. The fourth-order valence-electron chi connectivity index (χ4n) is 4.38. The van der Waals surface area contributed by atoms with Crippen molar-refractivity contribution in [2.24, 2.45) is 0 Å². The van der Waals surface area contributed by atoms with E-state index in [0.717, 1.165) is 29.7 Å². The van der Waals surface area contributed by atoms with E-state index in [1.54, 1.807) is 11.0 Å². The second kappa shape index (κ2) is 11.4. The standard InChI is InChI=1S/C29H37NO5/c1-7-9-16-30-26(20-10-13-22(14-11-20)35-19(5)6)25(28(32)29(30)33)27(31)21-12-15-24(34-8-2)23(17-21)18(3)4/h10-15,17-19,26,31H,7-9,16H2,1-6H3/b27-25-. The molecule has 35 heavy (non-hydrogen) atoms. The van der Waals surface area contributed by atoms with Crippen LogP contribution < -0.4 is 9.47 Å². The zero-order chi connectivity index (χ0) is 25.7. The predicted octanol–water partition coefficient (Wildman–Crippen LogP) is 6.22. The molecule has 6 nitrogen and oxygen atoms in total. The van der Waals surface area contributed by atoms with Gasteiger partial charge < -0.3 is 19.5 Å². The lowest BCUT2D eigenvalue weighted by Crippen LogP contribution is -2.30. The molecule has 1 N–H and O–H groups in total. The van der Waals surface area contributed by atoms with Crippen LogP contribution in [-0.2, 0) is 9.59 Å². The van der Waals surface area contributed by atoms with Gasteiger partial charge in [-0.15, -0.1) is 0 Å². The van der Waals surface area contributed by atoms with Gasteiger partial charge in [-0.2, -0.15) is 0 Å². The van der Waals surface area contributed by atoms with Gasteiger partial charge in [0.15, 0.2) is 0 Å². The van der Waals surface area contributed by atoms with Crippen LogP contribution in [0.25, 0.3) is 5.76 Å². The second-order valence-electron chi connectivity index (χ2n) is 9.42. The number of Topliss-reactive ketones (excluding diaryl/α,β-unsaturated/α-hetero) is 1. The first-order valence-electron chi connectivity index (χ1n) is 12.5. The summed E-state index contributed by atoms with van der Waals surface area (Å²) >= 11 is 0. The Morgan fingerprint density at radius 2 is 1.71 bits per heavy atom. The first kappa shape index (κ1) is 26.3. The van der Waals surface area contributed by atoms with E-state index in [-0.39, 0.29) is 23.4 Å². The Bertz CT molecular complexity index is 1080. The summed E-state index contributed by atoms with van der Waals surface area (Å²) in [5.74, 6) is 0.205. The third-order valence-electron chi connectivity index (χ3n) is 6.07. The molecule has 0 bridgehead atoms. The zero-order valence-electron chi connectivity index (χ0n) is 21.6. The maximum atomic E-state index is 13.2. The van der Waals surface area contributed by atoms with Gasteiger partial charge in [0.2, 0.25) is 0 Å². The number of hydrogen-bond donors (Lipinski definition) is 1. The van der Waals surface area contributed by atoms with Crippen LogP contribution in [0.3, 0.4) is 0 Å². The zero-order valence-corrected chi connectivity index (χ0v) is 21.6.